The zero-order valence-electron chi connectivity index (χ0n) is 23.4. The van der Waals surface area contributed by atoms with Crippen LogP contribution in [0.25, 0.3) is 10.8 Å². The number of rotatable bonds is 10. The lowest BCUT2D eigenvalue weighted by atomic mass is 10.0. The average molecular weight is 595 g/mol. The monoisotopic (exact) mass is 594 g/mol. The van der Waals surface area contributed by atoms with E-state index in [-0.39, 0.29) is 41.8 Å². The van der Waals surface area contributed by atoms with Crippen molar-refractivity contribution in [3.63, 3.8) is 0 Å². The van der Waals surface area contributed by atoms with Crippen LogP contribution < -0.4 is 10.9 Å². The number of aromatic nitrogens is 1. The molecular formula is C26H34N4O10S. The van der Waals surface area contributed by atoms with Gasteiger partial charge in [-0.2, -0.15) is 4.31 Å². The van der Waals surface area contributed by atoms with Crippen LogP contribution in [-0.4, -0.2) is 65.8 Å². The summed E-state index contributed by atoms with van der Waals surface area (Å²) in [6, 6.07) is 3.99. The lowest BCUT2D eigenvalue weighted by Gasteiger charge is -2.22. The van der Waals surface area contributed by atoms with Gasteiger partial charge in [-0.15, -0.1) is 10.1 Å². The zero-order chi connectivity index (χ0) is 30.2. The first kappa shape index (κ1) is 30.2. The molecule has 2 fully saturated rings. The van der Waals surface area contributed by atoms with Crippen molar-refractivity contribution < 1.29 is 37.4 Å². The fourth-order valence-electron chi connectivity index (χ4n) is 4.85. The maximum absolute atomic E-state index is 13.7. The molecule has 0 unspecified atom stereocenters. The molecule has 15 heteroatoms. The molecule has 4 rings (SSSR count). The van der Waals surface area contributed by atoms with Gasteiger partial charge in [0, 0.05) is 41.5 Å². The molecule has 1 saturated carbocycles. The number of amides is 1. The standard InChI is InChI=1S/C26H34N4O10S/c1-17-13-28(16-38-21(31)12-26(9-10-26)15-39-30(34)35)23(32)19-6-5-7-20(22(17)19)41(36,37)29-11-8-18(14-29)27-24(33)40-25(2,3)4/h5-7,13,18H,8-12,14-16H2,1-4H3,(H,27,33)/t18-/m0/s1. The van der Waals surface area contributed by atoms with Crippen LogP contribution in [0.3, 0.4) is 0 Å². The Morgan fingerprint density at radius 2 is 1.95 bits per heavy atom. The Hall–Kier alpha value is -3.72. The van der Waals surface area contributed by atoms with E-state index in [0.29, 0.717) is 24.8 Å². The molecule has 2 aromatic rings. The van der Waals surface area contributed by atoms with Gasteiger partial charge in [0.25, 0.3) is 10.6 Å². The number of hydrogen-bond donors (Lipinski definition) is 1. The fourth-order valence-corrected chi connectivity index (χ4v) is 6.63. The Labute approximate surface area is 236 Å². The number of sulfonamides is 1. The van der Waals surface area contributed by atoms with Gasteiger partial charge in [-0.3, -0.25) is 14.2 Å². The van der Waals surface area contributed by atoms with Crippen LogP contribution in [0.15, 0.2) is 34.1 Å². The van der Waals surface area contributed by atoms with E-state index in [1.165, 1.54) is 33.3 Å². The maximum Gasteiger partial charge on any atom is 0.407 e. The molecule has 1 aliphatic carbocycles. The summed E-state index contributed by atoms with van der Waals surface area (Å²) in [5.74, 6) is -0.626. The number of fused-ring (bicyclic) bond motifs is 1. The van der Waals surface area contributed by atoms with E-state index in [9.17, 15) is 32.9 Å². The third-order valence-corrected chi connectivity index (χ3v) is 8.98. The van der Waals surface area contributed by atoms with Crippen molar-refractivity contribution in [1.82, 2.24) is 14.2 Å². The lowest BCUT2D eigenvalue weighted by Crippen LogP contribution is -2.41. The van der Waals surface area contributed by atoms with Crippen LogP contribution in [0.4, 0.5) is 4.79 Å². The van der Waals surface area contributed by atoms with Crippen molar-refractivity contribution >= 4 is 32.9 Å². The summed E-state index contributed by atoms with van der Waals surface area (Å²) in [4.78, 5) is 52.7. The van der Waals surface area contributed by atoms with Crippen molar-refractivity contribution in [3.05, 3.63) is 50.4 Å². The molecule has 2 heterocycles. The van der Waals surface area contributed by atoms with Gasteiger partial charge in [-0.1, -0.05) is 6.07 Å². The van der Waals surface area contributed by atoms with Crippen LogP contribution in [-0.2, 0) is 35.9 Å². The van der Waals surface area contributed by atoms with Crippen LogP contribution in [0.2, 0.25) is 0 Å². The molecule has 1 amide bonds. The minimum Gasteiger partial charge on any atom is -0.444 e. The number of nitrogens with one attached hydrogen (secondary N) is 1. The highest BCUT2D eigenvalue weighted by atomic mass is 32.2. The molecule has 2 aliphatic rings. The zero-order valence-corrected chi connectivity index (χ0v) is 24.2. The fraction of sp³-hybridized carbons (Fsp3) is 0.577. The lowest BCUT2D eigenvalue weighted by molar-refractivity contribution is -0.759. The topological polar surface area (TPSA) is 176 Å². The third kappa shape index (κ3) is 7.14. The number of hydrogen-bond acceptors (Lipinski definition) is 10. The highest BCUT2D eigenvalue weighted by Crippen LogP contribution is 2.49. The van der Waals surface area contributed by atoms with E-state index in [1.54, 1.807) is 27.7 Å². The molecule has 1 aromatic heterocycles. The number of aryl methyl sites for hydroxylation is 1. The SMILES string of the molecule is Cc1cn(COC(=O)CC2(CO[N+](=O)[O-])CC2)c(=O)c2cccc(S(=O)(=O)N3CC[C@H](NC(=O)OC(C)(C)C)C3)c12. The molecule has 41 heavy (non-hydrogen) atoms. The molecular weight excluding hydrogens is 560 g/mol. The van der Waals surface area contributed by atoms with Crippen LogP contribution in [0.5, 0.6) is 0 Å². The van der Waals surface area contributed by atoms with Gasteiger partial charge in [0.1, 0.15) is 12.2 Å². The summed E-state index contributed by atoms with van der Waals surface area (Å²) in [5.41, 5.74) is -1.38. The highest BCUT2D eigenvalue weighted by molar-refractivity contribution is 7.89. The first-order chi connectivity index (χ1) is 19.1. The van der Waals surface area contributed by atoms with E-state index in [1.807, 2.05) is 0 Å². The second-order valence-electron chi connectivity index (χ2n) is 11.6. The van der Waals surface area contributed by atoms with Crippen molar-refractivity contribution in [2.75, 3.05) is 19.7 Å². The number of carbonyl (C=O) groups is 2. The number of carbonyl (C=O) groups excluding carboxylic acids is 2. The van der Waals surface area contributed by atoms with E-state index in [0.717, 1.165) is 0 Å². The molecule has 224 valence electrons. The second-order valence-corrected chi connectivity index (χ2v) is 13.5. The number of esters is 1. The minimum atomic E-state index is -4.02. The van der Waals surface area contributed by atoms with Gasteiger partial charge in [-0.25, -0.2) is 13.2 Å². The Balaban J connectivity index is 1.48. The second kappa shape index (κ2) is 11.3. The minimum absolute atomic E-state index is 0.0341. The number of ether oxygens (including phenoxy) is 2. The molecule has 14 nitrogen and oxygen atoms in total. The number of nitrogens with zero attached hydrogens (tertiary/aromatic N) is 3. The summed E-state index contributed by atoms with van der Waals surface area (Å²) in [7, 11) is -4.02. The normalized spacial score (nSPS) is 18.6. The van der Waals surface area contributed by atoms with E-state index < -0.39 is 56.5 Å². The van der Waals surface area contributed by atoms with Crippen LogP contribution in [0, 0.1) is 22.5 Å². The molecule has 1 N–H and O–H groups in total. The first-order valence-electron chi connectivity index (χ1n) is 13.2. The molecule has 1 saturated heterocycles. The smallest absolute Gasteiger partial charge is 0.407 e. The summed E-state index contributed by atoms with van der Waals surface area (Å²) in [6.45, 7) is 6.50. The van der Waals surface area contributed by atoms with Gasteiger partial charge in [0.15, 0.2) is 6.73 Å². The Morgan fingerprint density at radius 3 is 2.59 bits per heavy atom. The van der Waals surface area contributed by atoms with Gasteiger partial charge in [0.2, 0.25) is 10.0 Å². The summed E-state index contributed by atoms with van der Waals surface area (Å²) in [5, 5.41) is 12.7. The van der Waals surface area contributed by atoms with Gasteiger partial charge in [-0.05, 0) is 64.7 Å². The predicted molar refractivity (Wildman–Crippen MR) is 145 cm³/mol. The van der Waals surface area contributed by atoms with Crippen molar-refractivity contribution in [1.29, 1.82) is 0 Å². The van der Waals surface area contributed by atoms with Crippen molar-refractivity contribution in [2.24, 2.45) is 5.41 Å². The molecule has 1 aromatic carbocycles. The number of benzene rings is 1. The third-order valence-electron chi connectivity index (χ3n) is 7.07. The largest absolute Gasteiger partial charge is 0.444 e. The van der Waals surface area contributed by atoms with Gasteiger partial charge < -0.3 is 19.6 Å². The molecule has 0 radical (unpaired) electrons. The average Bonchev–Trinajstić information content (AvgIpc) is 3.47. The van der Waals surface area contributed by atoms with E-state index in [4.69, 9.17) is 9.47 Å². The Kier molecular flexibility index (Phi) is 8.32. The molecule has 0 bridgehead atoms. The Bertz CT molecular complexity index is 1530. The van der Waals surface area contributed by atoms with E-state index >= 15 is 0 Å². The van der Waals surface area contributed by atoms with E-state index in [2.05, 4.69) is 10.2 Å². The van der Waals surface area contributed by atoms with Gasteiger partial charge >= 0.3 is 12.1 Å². The van der Waals surface area contributed by atoms with Crippen molar-refractivity contribution in [2.45, 2.75) is 76.6 Å². The quantitative estimate of drug-likeness (QED) is 0.244. The molecule has 1 atom stereocenters. The van der Waals surface area contributed by atoms with Crippen LogP contribution >= 0.6 is 0 Å². The highest BCUT2D eigenvalue weighted by Gasteiger charge is 2.46. The maximum atomic E-state index is 13.7. The first-order valence-corrected chi connectivity index (χ1v) is 14.6. The number of alkyl carbamates (subject to hydrolysis) is 1. The molecule has 0 spiro atoms. The predicted octanol–water partition coefficient (Wildman–Crippen LogP) is 2.48. The number of pyridine rings is 1. The molecule has 1 aliphatic heterocycles. The Morgan fingerprint density at radius 1 is 1.24 bits per heavy atom. The summed E-state index contributed by atoms with van der Waals surface area (Å²) >= 11 is 0. The van der Waals surface area contributed by atoms with Crippen LogP contribution in [0.1, 0.15) is 52.0 Å². The van der Waals surface area contributed by atoms with Crippen molar-refractivity contribution in [3.8, 4) is 0 Å². The summed E-state index contributed by atoms with van der Waals surface area (Å²) < 4.78 is 40.3. The van der Waals surface area contributed by atoms with Gasteiger partial charge in [0.05, 0.1) is 11.3 Å². The summed E-state index contributed by atoms with van der Waals surface area (Å²) in [6.07, 6.45) is 2.32.